The molecule has 3 aromatic rings. The summed E-state index contributed by atoms with van der Waals surface area (Å²) in [6.07, 6.45) is 3.27. The lowest BCUT2D eigenvalue weighted by molar-refractivity contribution is -0.144. The largest absolute Gasteiger partial charge is 0.457 e. The molecule has 4 nitrogen and oxygen atoms in total. The van der Waals surface area contributed by atoms with Crippen molar-refractivity contribution in [3.8, 4) is 16.9 Å². The monoisotopic (exact) mass is 407 g/mol. The zero-order valence-electron chi connectivity index (χ0n) is 16.8. The molecule has 0 saturated heterocycles. The molecule has 0 radical (unpaired) electrons. The maximum absolute atomic E-state index is 11.1. The van der Waals surface area contributed by atoms with Crippen molar-refractivity contribution < 1.29 is 14.3 Å². The van der Waals surface area contributed by atoms with Crippen molar-refractivity contribution in [2.75, 3.05) is 6.79 Å². The van der Waals surface area contributed by atoms with Gasteiger partial charge in [0.15, 0.2) is 0 Å². The molecule has 0 spiro atoms. The Morgan fingerprint density at radius 1 is 1.21 bits per heavy atom. The molecule has 0 bridgehead atoms. The number of pyridine rings is 1. The number of rotatable bonds is 8. The zero-order chi connectivity index (χ0) is 20.8. The second kappa shape index (κ2) is 9.52. The van der Waals surface area contributed by atoms with Crippen molar-refractivity contribution in [3.63, 3.8) is 0 Å². The molecule has 0 saturated carbocycles. The van der Waals surface area contributed by atoms with Crippen LogP contribution in [0.1, 0.15) is 32.7 Å². The van der Waals surface area contributed by atoms with Crippen LogP contribution in [0.4, 0.5) is 0 Å². The molecule has 2 aromatic carbocycles. The first kappa shape index (κ1) is 20.8. The van der Waals surface area contributed by atoms with Crippen molar-refractivity contribution in [2.24, 2.45) is 0 Å². The second-order valence-corrected chi connectivity index (χ2v) is 7.27. The number of hydrogen-bond donors (Lipinski definition) is 0. The van der Waals surface area contributed by atoms with E-state index in [-0.39, 0.29) is 6.79 Å². The fourth-order valence-electron chi connectivity index (χ4n) is 3.42. The van der Waals surface area contributed by atoms with Gasteiger partial charge in [-0.15, -0.1) is 0 Å². The molecule has 3 rings (SSSR count). The van der Waals surface area contributed by atoms with Gasteiger partial charge in [0.1, 0.15) is 10.4 Å². The molecular weight excluding hydrogens is 382 g/mol. The number of benzene rings is 2. The van der Waals surface area contributed by atoms with E-state index in [0.29, 0.717) is 11.8 Å². The minimum absolute atomic E-state index is 0.152. The highest BCUT2D eigenvalue weighted by Gasteiger charge is 2.13. The van der Waals surface area contributed by atoms with Crippen LogP contribution >= 0.6 is 12.2 Å². The first-order valence-corrected chi connectivity index (χ1v) is 10.1. The summed E-state index contributed by atoms with van der Waals surface area (Å²) in [5.74, 6) is 0.101. The normalized spacial score (nSPS) is 11.8. The number of fused-ring (bicyclic) bond motifs is 1. The lowest BCUT2D eigenvalue weighted by atomic mass is 10.0. The summed E-state index contributed by atoms with van der Waals surface area (Å²) in [6.45, 7) is 7.61. The van der Waals surface area contributed by atoms with E-state index < -0.39 is 5.97 Å². The van der Waals surface area contributed by atoms with Crippen molar-refractivity contribution in [3.05, 3.63) is 71.9 Å². The molecule has 1 unspecified atom stereocenters. The van der Waals surface area contributed by atoms with Crippen LogP contribution in [-0.4, -0.2) is 17.3 Å². The van der Waals surface area contributed by atoms with Gasteiger partial charge < -0.3 is 14.0 Å². The van der Waals surface area contributed by atoms with Crippen LogP contribution in [0.5, 0.6) is 5.75 Å². The third-order valence-electron chi connectivity index (χ3n) is 4.85. The minimum Gasteiger partial charge on any atom is -0.457 e. The van der Waals surface area contributed by atoms with Gasteiger partial charge in [-0.1, -0.05) is 62.5 Å². The van der Waals surface area contributed by atoms with E-state index in [1.165, 1.54) is 0 Å². The van der Waals surface area contributed by atoms with Gasteiger partial charge in [0.05, 0.1) is 0 Å². The fourth-order valence-corrected chi connectivity index (χ4v) is 3.88. The van der Waals surface area contributed by atoms with Crippen molar-refractivity contribution in [1.82, 2.24) is 4.57 Å². The predicted octanol–water partition coefficient (Wildman–Crippen LogP) is 6.46. The molecule has 0 aliphatic heterocycles. The zero-order valence-corrected chi connectivity index (χ0v) is 17.6. The van der Waals surface area contributed by atoms with Crippen LogP contribution < -0.4 is 4.74 Å². The first-order valence-electron chi connectivity index (χ1n) is 9.71. The molecule has 0 aliphatic rings. The van der Waals surface area contributed by atoms with Gasteiger partial charge in [0.2, 0.25) is 6.79 Å². The summed E-state index contributed by atoms with van der Waals surface area (Å²) in [5.41, 5.74) is 3.20. The molecule has 1 atom stereocenters. The highest BCUT2D eigenvalue weighted by molar-refractivity contribution is 7.71. The Morgan fingerprint density at radius 3 is 2.62 bits per heavy atom. The van der Waals surface area contributed by atoms with Gasteiger partial charge in [-0.25, -0.2) is 4.79 Å². The predicted molar refractivity (Wildman–Crippen MR) is 120 cm³/mol. The third kappa shape index (κ3) is 4.74. The number of esters is 1. The number of para-hydroxylation sites is 1. The van der Waals surface area contributed by atoms with Crippen LogP contribution in [-0.2, 0) is 9.53 Å². The molecule has 0 fully saturated rings. The van der Waals surface area contributed by atoms with E-state index in [4.69, 9.17) is 21.7 Å². The SMILES string of the molecule is C=CC(=O)OCOc1ccc(-c2cc3ccccc3n(C(C)CCC)c2=S)cc1. The lowest BCUT2D eigenvalue weighted by Gasteiger charge is -2.21. The molecule has 1 heterocycles. The number of ether oxygens (including phenoxy) is 2. The summed E-state index contributed by atoms with van der Waals surface area (Å²) in [5, 5.41) is 1.16. The van der Waals surface area contributed by atoms with Gasteiger partial charge in [-0.05, 0) is 48.6 Å². The Labute approximate surface area is 176 Å². The second-order valence-electron chi connectivity index (χ2n) is 6.88. The number of aromatic nitrogens is 1. The lowest BCUT2D eigenvalue weighted by Crippen LogP contribution is -2.09. The summed E-state index contributed by atoms with van der Waals surface area (Å²) >= 11 is 5.90. The standard InChI is InChI=1S/C24H25NO3S/c1-4-8-17(3)25-22-10-7-6-9-19(22)15-21(24(25)29)18-11-13-20(14-12-18)27-16-28-23(26)5-2/h5-7,9-15,17H,2,4,8,16H2,1,3H3. The average Bonchev–Trinajstić information content (AvgIpc) is 2.74. The van der Waals surface area contributed by atoms with E-state index in [0.717, 1.165) is 45.6 Å². The average molecular weight is 408 g/mol. The van der Waals surface area contributed by atoms with Gasteiger partial charge in [-0.2, -0.15) is 0 Å². The van der Waals surface area contributed by atoms with Crippen molar-refractivity contribution in [2.45, 2.75) is 32.7 Å². The van der Waals surface area contributed by atoms with Crippen molar-refractivity contribution in [1.29, 1.82) is 0 Å². The van der Waals surface area contributed by atoms with E-state index in [9.17, 15) is 4.79 Å². The molecule has 29 heavy (non-hydrogen) atoms. The quantitative estimate of drug-likeness (QED) is 0.186. The highest BCUT2D eigenvalue weighted by Crippen LogP contribution is 2.31. The molecule has 1 aromatic heterocycles. The van der Waals surface area contributed by atoms with E-state index in [1.54, 1.807) is 0 Å². The molecule has 150 valence electrons. The van der Waals surface area contributed by atoms with Gasteiger partial charge in [-0.3, -0.25) is 0 Å². The number of nitrogens with zero attached hydrogens (tertiary/aromatic N) is 1. The Hall–Kier alpha value is -2.92. The van der Waals surface area contributed by atoms with Crippen LogP contribution in [0.25, 0.3) is 22.0 Å². The summed E-state index contributed by atoms with van der Waals surface area (Å²) in [7, 11) is 0. The topological polar surface area (TPSA) is 40.5 Å². The number of carbonyl (C=O) groups is 1. The minimum atomic E-state index is -0.515. The van der Waals surface area contributed by atoms with Crippen LogP contribution in [0.2, 0.25) is 0 Å². The molecule has 0 N–H and O–H groups in total. The maximum Gasteiger partial charge on any atom is 0.333 e. The summed E-state index contributed by atoms with van der Waals surface area (Å²) in [6, 6.07) is 18.5. The summed E-state index contributed by atoms with van der Waals surface area (Å²) in [4.78, 5) is 11.1. The molecular formula is C24H25NO3S. The molecule has 0 aliphatic carbocycles. The Kier molecular flexibility index (Phi) is 6.83. The Bertz CT molecular complexity index is 1070. The smallest absolute Gasteiger partial charge is 0.333 e. The van der Waals surface area contributed by atoms with Gasteiger partial charge in [0.25, 0.3) is 0 Å². The van der Waals surface area contributed by atoms with E-state index in [1.807, 2.05) is 30.3 Å². The fraction of sp³-hybridized carbons (Fsp3) is 0.250. The molecule has 5 heteroatoms. The Balaban J connectivity index is 1.95. The van der Waals surface area contributed by atoms with Crippen LogP contribution in [0, 0.1) is 4.64 Å². The number of hydrogen-bond acceptors (Lipinski definition) is 4. The summed E-state index contributed by atoms with van der Waals surface area (Å²) < 4.78 is 13.4. The highest BCUT2D eigenvalue weighted by atomic mass is 32.1. The van der Waals surface area contributed by atoms with Gasteiger partial charge >= 0.3 is 5.97 Å². The van der Waals surface area contributed by atoms with Crippen molar-refractivity contribution >= 4 is 29.1 Å². The van der Waals surface area contributed by atoms with Crippen LogP contribution in [0.3, 0.4) is 0 Å². The molecule has 0 amide bonds. The third-order valence-corrected chi connectivity index (χ3v) is 5.27. The maximum atomic E-state index is 11.1. The van der Waals surface area contributed by atoms with E-state index in [2.05, 4.69) is 49.3 Å². The Morgan fingerprint density at radius 2 is 1.93 bits per heavy atom. The number of carbonyl (C=O) groups excluding carboxylic acids is 1. The van der Waals surface area contributed by atoms with Crippen LogP contribution in [0.15, 0.2) is 67.3 Å². The van der Waals surface area contributed by atoms with Gasteiger partial charge in [0, 0.05) is 23.2 Å². The van der Waals surface area contributed by atoms with E-state index >= 15 is 0 Å². The first-order chi connectivity index (χ1) is 14.0.